The quantitative estimate of drug-likeness (QED) is 0.802. The number of rotatable bonds is 6. The van der Waals surface area contributed by atoms with Gasteiger partial charge in [0, 0.05) is 19.7 Å². The highest BCUT2D eigenvalue weighted by Crippen LogP contribution is 2.35. The molecule has 2 aliphatic heterocycles. The molecule has 1 saturated heterocycles. The zero-order valence-corrected chi connectivity index (χ0v) is 15.3. The molecule has 1 aromatic heterocycles. The van der Waals surface area contributed by atoms with E-state index in [9.17, 15) is 4.79 Å². The van der Waals surface area contributed by atoms with E-state index in [1.54, 1.807) is 16.2 Å². The van der Waals surface area contributed by atoms with Gasteiger partial charge in [-0.25, -0.2) is 5.43 Å². The van der Waals surface area contributed by atoms with Gasteiger partial charge in [0.05, 0.1) is 6.04 Å². The van der Waals surface area contributed by atoms with Crippen LogP contribution in [0.1, 0.15) is 12.0 Å². The maximum absolute atomic E-state index is 12.6. The van der Waals surface area contributed by atoms with Gasteiger partial charge in [-0.15, -0.1) is 0 Å². The second kappa shape index (κ2) is 7.53. The molecule has 8 heteroatoms. The minimum atomic E-state index is -0.246. The molecule has 0 spiro atoms. The molecule has 0 radical (unpaired) electrons. The number of ether oxygens (including phenoxy) is 3. The van der Waals surface area contributed by atoms with Crippen LogP contribution < -0.4 is 25.1 Å². The van der Waals surface area contributed by atoms with E-state index < -0.39 is 0 Å². The van der Waals surface area contributed by atoms with E-state index in [0.29, 0.717) is 25.3 Å². The lowest BCUT2D eigenvalue weighted by molar-refractivity contribution is -0.132. The molecule has 7 nitrogen and oxygen atoms in total. The summed E-state index contributed by atoms with van der Waals surface area (Å²) in [6, 6.07) is 7.36. The number of hydrazine groups is 1. The first kappa shape index (κ1) is 17.1. The Balaban J connectivity index is 1.26. The number of carbonyl (C=O) groups excluding carboxylic acids is 1. The van der Waals surface area contributed by atoms with Gasteiger partial charge in [0.25, 0.3) is 0 Å². The zero-order chi connectivity index (χ0) is 17.9. The van der Waals surface area contributed by atoms with Gasteiger partial charge in [-0.3, -0.25) is 10.2 Å². The molecule has 4 rings (SSSR count). The van der Waals surface area contributed by atoms with Gasteiger partial charge in [-0.2, -0.15) is 11.3 Å². The first-order valence-electron chi connectivity index (χ1n) is 8.48. The van der Waals surface area contributed by atoms with Crippen molar-refractivity contribution >= 4 is 17.2 Å². The molecule has 26 heavy (non-hydrogen) atoms. The molecule has 0 aliphatic carbocycles. The van der Waals surface area contributed by atoms with Gasteiger partial charge >= 0.3 is 0 Å². The maximum Gasteiger partial charge on any atom is 0.241 e. The summed E-state index contributed by atoms with van der Waals surface area (Å²) >= 11 is 1.64. The Hall–Kier alpha value is -2.29. The van der Waals surface area contributed by atoms with Crippen molar-refractivity contribution in [3.63, 3.8) is 0 Å². The molecule has 0 saturated carbocycles. The van der Waals surface area contributed by atoms with Gasteiger partial charge in [0.2, 0.25) is 12.7 Å². The van der Waals surface area contributed by atoms with Crippen LogP contribution in [0.5, 0.6) is 17.2 Å². The zero-order valence-electron chi connectivity index (χ0n) is 14.4. The van der Waals surface area contributed by atoms with Crippen molar-refractivity contribution in [2.24, 2.45) is 0 Å². The summed E-state index contributed by atoms with van der Waals surface area (Å²) in [5.41, 5.74) is 7.38. The van der Waals surface area contributed by atoms with Gasteiger partial charge in [-0.1, -0.05) is 0 Å². The number of thiophene rings is 1. The first-order valence-corrected chi connectivity index (χ1v) is 9.43. The van der Waals surface area contributed by atoms with E-state index >= 15 is 0 Å². The van der Waals surface area contributed by atoms with Crippen molar-refractivity contribution in [3.8, 4) is 17.2 Å². The molecule has 2 unspecified atom stereocenters. The Labute approximate surface area is 155 Å². The largest absolute Gasteiger partial charge is 0.492 e. The Morgan fingerprint density at radius 2 is 2.19 bits per heavy atom. The number of benzene rings is 1. The van der Waals surface area contributed by atoms with E-state index in [2.05, 4.69) is 16.2 Å². The maximum atomic E-state index is 12.6. The second-order valence-corrected chi connectivity index (χ2v) is 7.21. The molecular weight excluding hydrogens is 354 g/mol. The monoisotopic (exact) mass is 375 g/mol. The second-order valence-electron chi connectivity index (χ2n) is 6.43. The number of nitrogens with zero attached hydrogens (tertiary/aromatic N) is 1. The van der Waals surface area contributed by atoms with Crippen molar-refractivity contribution < 1.29 is 19.0 Å². The minimum Gasteiger partial charge on any atom is -0.492 e. The molecule has 3 heterocycles. The molecule has 1 aromatic carbocycles. The normalized spacial score (nSPS) is 21.0. The Morgan fingerprint density at radius 1 is 1.31 bits per heavy atom. The fourth-order valence-corrected chi connectivity index (χ4v) is 3.72. The highest BCUT2D eigenvalue weighted by atomic mass is 32.1. The van der Waals surface area contributed by atoms with Gasteiger partial charge < -0.3 is 19.1 Å². The van der Waals surface area contributed by atoms with Gasteiger partial charge in [-0.05, 0) is 40.9 Å². The van der Waals surface area contributed by atoms with Crippen LogP contribution in [0, 0.1) is 0 Å². The fraction of sp³-hybridized carbons (Fsp3) is 0.389. The summed E-state index contributed by atoms with van der Waals surface area (Å²) in [5.74, 6) is 2.23. The molecule has 0 bridgehead atoms. The first-order chi connectivity index (χ1) is 12.7. The van der Waals surface area contributed by atoms with Crippen molar-refractivity contribution in [2.45, 2.75) is 25.0 Å². The van der Waals surface area contributed by atoms with Crippen LogP contribution in [0.25, 0.3) is 0 Å². The molecule has 1 amide bonds. The fourth-order valence-electron chi connectivity index (χ4n) is 3.06. The lowest BCUT2D eigenvalue weighted by Gasteiger charge is -2.20. The van der Waals surface area contributed by atoms with Crippen molar-refractivity contribution in [1.82, 2.24) is 15.8 Å². The number of carbonyl (C=O) groups is 1. The average molecular weight is 375 g/mol. The minimum absolute atomic E-state index is 0.0592. The van der Waals surface area contributed by atoms with Crippen LogP contribution in [0.15, 0.2) is 35.0 Å². The van der Waals surface area contributed by atoms with E-state index in [0.717, 1.165) is 17.1 Å². The molecule has 138 valence electrons. The topological polar surface area (TPSA) is 72.1 Å². The molecule has 2 aromatic rings. The highest BCUT2D eigenvalue weighted by Gasteiger charge is 2.31. The lowest BCUT2D eigenvalue weighted by Crippen LogP contribution is -2.44. The van der Waals surface area contributed by atoms with Crippen LogP contribution in [-0.2, 0) is 11.3 Å². The number of fused-ring (bicyclic) bond motifs is 1. The van der Waals surface area contributed by atoms with Gasteiger partial charge in [0.15, 0.2) is 11.5 Å². The number of nitrogens with one attached hydrogen (secondary N) is 2. The number of hydrogen-bond acceptors (Lipinski definition) is 7. The third-order valence-corrected chi connectivity index (χ3v) is 5.18. The Bertz CT molecular complexity index is 768. The van der Waals surface area contributed by atoms with E-state index in [-0.39, 0.29) is 24.8 Å². The Morgan fingerprint density at radius 3 is 3.04 bits per heavy atom. The molecule has 2 N–H and O–H groups in total. The van der Waals surface area contributed by atoms with Crippen molar-refractivity contribution in [2.75, 3.05) is 20.4 Å². The van der Waals surface area contributed by atoms with Crippen LogP contribution in [0.4, 0.5) is 0 Å². The Kier molecular flexibility index (Phi) is 4.96. The highest BCUT2D eigenvalue weighted by molar-refractivity contribution is 7.07. The molecule has 2 aliphatic rings. The lowest BCUT2D eigenvalue weighted by atomic mass is 10.1. The van der Waals surface area contributed by atoms with E-state index in [1.807, 2.05) is 36.7 Å². The predicted octanol–water partition coefficient (Wildman–Crippen LogP) is 1.75. The van der Waals surface area contributed by atoms with Crippen LogP contribution >= 0.6 is 11.3 Å². The standard InChI is InChI=1S/C18H21N3O4S/c1-21(8-12-4-5-26-10-12)18(22)15-6-13(19-20-15)9-23-14-2-3-16-17(7-14)25-11-24-16/h2-5,7,10,13,15,19-20H,6,8-9,11H2,1H3. The molecule has 1 fully saturated rings. The summed E-state index contributed by atoms with van der Waals surface area (Å²) < 4.78 is 16.5. The summed E-state index contributed by atoms with van der Waals surface area (Å²) in [5, 5.41) is 4.08. The SMILES string of the molecule is CN(Cc1ccsc1)C(=O)C1CC(COc2ccc3c(c2)OCO3)NN1. The molecule has 2 atom stereocenters. The summed E-state index contributed by atoms with van der Waals surface area (Å²) in [7, 11) is 1.83. The van der Waals surface area contributed by atoms with E-state index in [4.69, 9.17) is 14.2 Å². The van der Waals surface area contributed by atoms with Crippen molar-refractivity contribution in [3.05, 3.63) is 40.6 Å². The third-order valence-electron chi connectivity index (χ3n) is 4.45. The van der Waals surface area contributed by atoms with Crippen LogP contribution in [0.3, 0.4) is 0 Å². The number of amides is 1. The number of hydrogen-bond donors (Lipinski definition) is 2. The average Bonchev–Trinajstić information content (AvgIpc) is 3.40. The summed E-state index contributed by atoms with van der Waals surface area (Å²) in [6.07, 6.45) is 0.678. The number of likely N-dealkylation sites (N-methyl/N-ethyl adjacent to an activating group) is 1. The van der Waals surface area contributed by atoms with Crippen molar-refractivity contribution in [1.29, 1.82) is 0 Å². The van der Waals surface area contributed by atoms with Gasteiger partial charge in [0.1, 0.15) is 18.4 Å². The van der Waals surface area contributed by atoms with E-state index in [1.165, 1.54) is 0 Å². The third kappa shape index (κ3) is 3.77. The summed E-state index contributed by atoms with van der Waals surface area (Å²) in [4.78, 5) is 14.3. The molecular formula is C18H21N3O4S. The predicted molar refractivity (Wildman–Crippen MR) is 97.3 cm³/mol. The smallest absolute Gasteiger partial charge is 0.241 e. The summed E-state index contributed by atoms with van der Waals surface area (Å²) in [6.45, 7) is 1.33. The van der Waals surface area contributed by atoms with Crippen LogP contribution in [-0.4, -0.2) is 43.3 Å². The van der Waals surface area contributed by atoms with Crippen LogP contribution in [0.2, 0.25) is 0 Å².